The topological polar surface area (TPSA) is 161 Å². The van der Waals surface area contributed by atoms with Gasteiger partial charge < -0.3 is 44.1 Å². The van der Waals surface area contributed by atoms with Gasteiger partial charge in [0, 0.05) is 19.8 Å². The van der Waals surface area contributed by atoms with Crippen LogP contribution in [0.3, 0.4) is 0 Å². The molecule has 2 aliphatic heterocycles. The number of esters is 2. The zero-order chi connectivity index (χ0) is 37.7. The summed E-state index contributed by atoms with van der Waals surface area (Å²) < 4.78 is 31.3. The lowest BCUT2D eigenvalue weighted by atomic mass is 9.35. The number of hydrogen-bond acceptors (Lipinski definition) is 11. The van der Waals surface area contributed by atoms with Gasteiger partial charge in [-0.25, -0.2) is 0 Å². The van der Waals surface area contributed by atoms with Gasteiger partial charge in [-0.2, -0.15) is 0 Å². The van der Waals surface area contributed by atoms with Crippen molar-refractivity contribution >= 4 is 11.9 Å². The second-order valence-corrected chi connectivity index (χ2v) is 19.4. The van der Waals surface area contributed by atoms with Crippen LogP contribution >= 0.6 is 0 Å². The lowest BCUT2D eigenvalue weighted by Gasteiger charge is -2.71. The lowest BCUT2D eigenvalue weighted by molar-refractivity contribution is -0.334. The van der Waals surface area contributed by atoms with Crippen molar-refractivity contribution in [2.75, 3.05) is 6.61 Å². The first kappa shape index (κ1) is 39.4. The number of aliphatic hydroxyl groups excluding tert-OH is 3. The smallest absolute Gasteiger partial charge is 0.303 e. The van der Waals surface area contributed by atoms with Crippen LogP contribution < -0.4 is 0 Å². The molecule has 0 unspecified atom stereocenters. The Kier molecular flexibility index (Phi) is 10.2. The maximum Gasteiger partial charge on any atom is 0.303 e. The van der Waals surface area contributed by atoms with Gasteiger partial charge in [0.25, 0.3) is 0 Å². The molecule has 16 atom stereocenters. The molecule has 4 N–H and O–H groups in total. The molecule has 0 aromatic heterocycles. The second-order valence-electron chi connectivity index (χ2n) is 19.4. The molecule has 51 heavy (non-hydrogen) atoms. The molecule has 0 spiro atoms. The molecule has 292 valence electrons. The maximum absolute atomic E-state index is 12.9. The summed E-state index contributed by atoms with van der Waals surface area (Å²) in [7, 11) is 0. The molecule has 6 rings (SSSR count). The predicted molar refractivity (Wildman–Crippen MR) is 187 cm³/mol. The van der Waals surface area contributed by atoms with Crippen molar-refractivity contribution in [3.63, 3.8) is 0 Å². The van der Waals surface area contributed by atoms with Crippen LogP contribution in [0.25, 0.3) is 0 Å². The largest absolute Gasteiger partial charge is 0.462 e. The molecular formula is C40H66O11. The van der Waals surface area contributed by atoms with Crippen molar-refractivity contribution in [2.45, 2.75) is 187 Å². The molecule has 0 aromatic carbocycles. The van der Waals surface area contributed by atoms with E-state index in [1.54, 1.807) is 0 Å². The van der Waals surface area contributed by atoms with Crippen molar-refractivity contribution in [1.29, 1.82) is 0 Å². The van der Waals surface area contributed by atoms with Gasteiger partial charge in [-0.05, 0) is 118 Å². The van der Waals surface area contributed by atoms with E-state index in [1.807, 2.05) is 13.8 Å². The highest BCUT2D eigenvalue weighted by Crippen LogP contribution is 2.76. The lowest BCUT2D eigenvalue weighted by Crippen LogP contribution is -2.68. The van der Waals surface area contributed by atoms with E-state index in [0.717, 1.165) is 51.4 Å². The normalized spacial score (nSPS) is 50.9. The fourth-order valence-corrected chi connectivity index (χ4v) is 13.3. The molecule has 11 heteroatoms. The number of carbonyl (C=O) groups is 2. The first-order valence-electron chi connectivity index (χ1n) is 19.6. The Morgan fingerprint density at radius 2 is 1.47 bits per heavy atom. The number of carbonyl (C=O) groups excluding carboxylic acids is 2. The third-order valence-corrected chi connectivity index (χ3v) is 15.9. The number of hydrogen-bond donors (Lipinski definition) is 4. The van der Waals surface area contributed by atoms with Gasteiger partial charge in [-0.1, -0.05) is 34.6 Å². The SMILES string of the molecule is CC(=O)O[C@H]1[C@H](O[C@H]2CC[C@]3(C)[C@H]4[C@H](OC(C)=O)C[C@@H]5[C@@H]([C@]6(C)CC[C@H](C(C)(C)O)O6)CC[C@@]5(C)[C@]4(C)CC[C@H]3C2(C)C)O[C@H](CO)[C@@H](O)[C@@H]1O. The zero-order valence-electron chi connectivity index (χ0n) is 32.6. The van der Waals surface area contributed by atoms with E-state index in [2.05, 4.69) is 41.5 Å². The van der Waals surface area contributed by atoms with E-state index < -0.39 is 48.9 Å². The van der Waals surface area contributed by atoms with E-state index in [-0.39, 0.29) is 63.4 Å². The molecule has 0 bridgehead atoms. The highest BCUT2D eigenvalue weighted by Gasteiger charge is 2.73. The number of aliphatic hydroxyl groups is 4. The fraction of sp³-hybridized carbons (Fsp3) is 0.950. The molecule has 2 heterocycles. The summed E-state index contributed by atoms with van der Waals surface area (Å²) in [6.07, 6.45) is 0.889. The zero-order valence-corrected chi connectivity index (χ0v) is 32.6. The highest BCUT2D eigenvalue weighted by molar-refractivity contribution is 5.66. The summed E-state index contributed by atoms with van der Waals surface area (Å²) in [6, 6.07) is 0. The molecule has 0 radical (unpaired) electrons. The Labute approximate surface area is 304 Å². The minimum Gasteiger partial charge on any atom is -0.462 e. The fourth-order valence-electron chi connectivity index (χ4n) is 13.3. The summed E-state index contributed by atoms with van der Waals surface area (Å²) >= 11 is 0. The van der Waals surface area contributed by atoms with Crippen LogP contribution in [0.1, 0.15) is 127 Å². The Bertz CT molecular complexity index is 1330. The van der Waals surface area contributed by atoms with Crippen LogP contribution in [0.15, 0.2) is 0 Å². The quantitative estimate of drug-likeness (QED) is 0.213. The van der Waals surface area contributed by atoms with E-state index in [9.17, 15) is 30.0 Å². The number of ether oxygens (including phenoxy) is 5. The Morgan fingerprint density at radius 1 is 0.824 bits per heavy atom. The van der Waals surface area contributed by atoms with Crippen molar-refractivity contribution in [3.05, 3.63) is 0 Å². The maximum atomic E-state index is 12.9. The third kappa shape index (κ3) is 6.21. The van der Waals surface area contributed by atoms with Gasteiger partial charge in [0.15, 0.2) is 12.4 Å². The summed E-state index contributed by atoms with van der Waals surface area (Å²) in [5.74, 6) is 0.0370. The molecule has 4 saturated carbocycles. The molecule has 6 aliphatic rings. The van der Waals surface area contributed by atoms with Crippen molar-refractivity contribution < 1.29 is 53.7 Å². The number of fused-ring (bicyclic) bond motifs is 5. The van der Waals surface area contributed by atoms with E-state index in [1.165, 1.54) is 13.8 Å². The van der Waals surface area contributed by atoms with Crippen molar-refractivity contribution in [1.82, 2.24) is 0 Å². The van der Waals surface area contributed by atoms with Gasteiger partial charge in [0.1, 0.15) is 24.4 Å². The molecular weight excluding hydrogens is 656 g/mol. The van der Waals surface area contributed by atoms with Crippen LogP contribution in [-0.2, 0) is 33.3 Å². The minimum atomic E-state index is -1.48. The van der Waals surface area contributed by atoms with Crippen molar-refractivity contribution in [3.8, 4) is 0 Å². The Morgan fingerprint density at radius 3 is 2.06 bits per heavy atom. The van der Waals surface area contributed by atoms with Gasteiger partial charge in [0.2, 0.25) is 0 Å². The summed E-state index contributed by atoms with van der Waals surface area (Å²) in [4.78, 5) is 24.9. The molecule has 0 amide bonds. The Balaban J connectivity index is 1.30. The first-order valence-corrected chi connectivity index (χ1v) is 19.6. The monoisotopic (exact) mass is 722 g/mol. The summed E-state index contributed by atoms with van der Waals surface area (Å²) in [6.45, 7) is 20.0. The molecule has 11 nitrogen and oxygen atoms in total. The average Bonchev–Trinajstić information content (AvgIpc) is 3.59. The highest BCUT2D eigenvalue weighted by atomic mass is 16.7. The van der Waals surface area contributed by atoms with Crippen LogP contribution in [0.2, 0.25) is 0 Å². The third-order valence-electron chi connectivity index (χ3n) is 15.9. The van der Waals surface area contributed by atoms with Crippen LogP contribution in [0.4, 0.5) is 0 Å². The van der Waals surface area contributed by atoms with E-state index in [0.29, 0.717) is 18.3 Å². The van der Waals surface area contributed by atoms with Crippen LogP contribution in [0, 0.1) is 45.3 Å². The van der Waals surface area contributed by atoms with Crippen LogP contribution in [-0.4, -0.2) is 99.2 Å². The van der Waals surface area contributed by atoms with Gasteiger partial charge in [0.05, 0.1) is 30.0 Å². The van der Waals surface area contributed by atoms with E-state index in [4.69, 9.17) is 23.7 Å². The first-order chi connectivity index (χ1) is 23.5. The number of rotatable bonds is 7. The minimum absolute atomic E-state index is 0.00705. The standard InChI is InChI=1S/C40H66O11/c1-21(42)47-25-19-24-23(40(10)18-14-29(51-40)36(5,6)46)11-16-38(24,8)39(9)17-12-27-35(3,4)28(13-15-37(27,7)33(25)39)50-34-32(48-22(2)43)31(45)30(44)26(20-41)49-34/h23-34,41,44-46H,11-20H2,1-10H3/t23-,24+,25+,26+,27-,28-,29+,30+,31-,32+,33+,34-,37-,38+,39+,40-/m0/s1. The molecule has 4 aliphatic carbocycles. The summed E-state index contributed by atoms with van der Waals surface area (Å²) in [5, 5.41) is 42.2. The Hall–Kier alpha value is -1.34. The van der Waals surface area contributed by atoms with Gasteiger partial charge >= 0.3 is 11.9 Å². The molecule has 6 fully saturated rings. The average molecular weight is 723 g/mol. The van der Waals surface area contributed by atoms with E-state index >= 15 is 0 Å². The second kappa shape index (κ2) is 13.2. The molecule has 2 saturated heterocycles. The summed E-state index contributed by atoms with van der Waals surface area (Å²) in [5.41, 5.74) is -1.92. The van der Waals surface area contributed by atoms with Crippen molar-refractivity contribution in [2.24, 2.45) is 45.3 Å². The van der Waals surface area contributed by atoms with Gasteiger partial charge in [-0.3, -0.25) is 9.59 Å². The predicted octanol–water partition coefficient (Wildman–Crippen LogP) is 4.68. The molecule has 0 aromatic rings. The van der Waals surface area contributed by atoms with Crippen LogP contribution in [0.5, 0.6) is 0 Å². The van der Waals surface area contributed by atoms with Gasteiger partial charge in [-0.15, -0.1) is 0 Å².